The standard InChI is InChI=1S/C21H19N3O3/c25-13-22-11-14-7-8-19-18(10-14)15(12-23-19)4-3-9-24-20(26)16-5-1-2-6-17(16)21(24)27/h1-2,5-8,10,12-13,23H,3-4,9,11H2,(H,22,25). The molecule has 3 aromatic rings. The van der Waals surface area contributed by atoms with Gasteiger partial charge in [0.2, 0.25) is 6.41 Å². The average molecular weight is 361 g/mol. The summed E-state index contributed by atoms with van der Waals surface area (Å²) in [7, 11) is 0. The lowest BCUT2D eigenvalue weighted by atomic mass is 10.1. The molecule has 6 nitrogen and oxygen atoms in total. The van der Waals surface area contributed by atoms with E-state index in [-0.39, 0.29) is 11.8 Å². The topological polar surface area (TPSA) is 82.3 Å². The van der Waals surface area contributed by atoms with Gasteiger partial charge in [0.25, 0.3) is 11.8 Å². The molecule has 1 aliphatic heterocycles. The average Bonchev–Trinajstić information content (AvgIpc) is 3.20. The molecule has 1 aromatic heterocycles. The minimum atomic E-state index is -0.211. The Kier molecular flexibility index (Phi) is 4.46. The minimum Gasteiger partial charge on any atom is -0.361 e. The number of carbonyl (C=O) groups is 3. The van der Waals surface area contributed by atoms with Gasteiger partial charge in [-0.05, 0) is 48.2 Å². The Morgan fingerprint density at radius 3 is 2.48 bits per heavy atom. The summed E-state index contributed by atoms with van der Waals surface area (Å²) < 4.78 is 0. The highest BCUT2D eigenvalue weighted by Crippen LogP contribution is 2.24. The lowest BCUT2D eigenvalue weighted by Gasteiger charge is -2.13. The molecule has 1 aliphatic rings. The van der Waals surface area contributed by atoms with E-state index < -0.39 is 0 Å². The number of aromatic nitrogens is 1. The van der Waals surface area contributed by atoms with Gasteiger partial charge in [-0.2, -0.15) is 0 Å². The van der Waals surface area contributed by atoms with Crippen molar-refractivity contribution in [1.82, 2.24) is 15.2 Å². The van der Waals surface area contributed by atoms with Crippen LogP contribution in [-0.2, 0) is 17.8 Å². The van der Waals surface area contributed by atoms with Crippen LogP contribution in [0, 0.1) is 0 Å². The second-order valence-electron chi connectivity index (χ2n) is 6.60. The Morgan fingerprint density at radius 2 is 1.78 bits per heavy atom. The van der Waals surface area contributed by atoms with Crippen LogP contribution in [0.1, 0.15) is 38.3 Å². The zero-order chi connectivity index (χ0) is 18.8. The fourth-order valence-corrected chi connectivity index (χ4v) is 3.57. The number of imide groups is 1. The van der Waals surface area contributed by atoms with E-state index in [1.165, 1.54) is 4.90 Å². The van der Waals surface area contributed by atoms with Gasteiger partial charge in [0, 0.05) is 30.2 Å². The van der Waals surface area contributed by atoms with Crippen LogP contribution in [-0.4, -0.2) is 34.7 Å². The van der Waals surface area contributed by atoms with Gasteiger partial charge in [-0.1, -0.05) is 18.2 Å². The summed E-state index contributed by atoms with van der Waals surface area (Å²) in [6, 6.07) is 13.0. The largest absolute Gasteiger partial charge is 0.361 e. The van der Waals surface area contributed by atoms with Crippen molar-refractivity contribution in [2.24, 2.45) is 0 Å². The lowest BCUT2D eigenvalue weighted by Crippen LogP contribution is -2.30. The first kappa shape index (κ1) is 17.0. The van der Waals surface area contributed by atoms with Gasteiger partial charge < -0.3 is 10.3 Å². The first-order valence-corrected chi connectivity index (χ1v) is 8.90. The van der Waals surface area contributed by atoms with Crippen LogP contribution < -0.4 is 5.32 Å². The maximum absolute atomic E-state index is 12.4. The van der Waals surface area contributed by atoms with E-state index in [0.29, 0.717) is 37.0 Å². The fourth-order valence-electron chi connectivity index (χ4n) is 3.57. The molecule has 2 heterocycles. The summed E-state index contributed by atoms with van der Waals surface area (Å²) in [4.78, 5) is 39.9. The zero-order valence-electron chi connectivity index (χ0n) is 14.7. The Hall–Kier alpha value is -3.41. The van der Waals surface area contributed by atoms with Gasteiger partial charge in [-0.25, -0.2) is 0 Å². The van der Waals surface area contributed by atoms with Crippen molar-refractivity contribution in [1.29, 1.82) is 0 Å². The third-order valence-corrected chi connectivity index (χ3v) is 4.93. The number of rotatable bonds is 7. The van der Waals surface area contributed by atoms with Crippen LogP contribution in [0.4, 0.5) is 0 Å². The van der Waals surface area contributed by atoms with Crippen molar-refractivity contribution in [3.05, 3.63) is 70.9 Å². The van der Waals surface area contributed by atoms with Crippen LogP contribution >= 0.6 is 0 Å². The predicted molar refractivity (Wildman–Crippen MR) is 101 cm³/mol. The summed E-state index contributed by atoms with van der Waals surface area (Å²) in [6.45, 7) is 0.879. The van der Waals surface area contributed by atoms with Gasteiger partial charge in [0.15, 0.2) is 0 Å². The molecule has 27 heavy (non-hydrogen) atoms. The van der Waals surface area contributed by atoms with Crippen molar-refractivity contribution in [2.75, 3.05) is 6.54 Å². The first-order valence-electron chi connectivity index (χ1n) is 8.90. The van der Waals surface area contributed by atoms with Crippen molar-refractivity contribution in [3.8, 4) is 0 Å². The quantitative estimate of drug-likeness (QED) is 0.501. The molecule has 0 fully saturated rings. The number of fused-ring (bicyclic) bond motifs is 2. The van der Waals surface area contributed by atoms with Gasteiger partial charge in [0.1, 0.15) is 0 Å². The fraction of sp³-hybridized carbons (Fsp3) is 0.190. The van der Waals surface area contributed by atoms with Crippen molar-refractivity contribution >= 4 is 29.1 Å². The number of hydrogen-bond acceptors (Lipinski definition) is 3. The van der Waals surface area contributed by atoms with E-state index >= 15 is 0 Å². The van der Waals surface area contributed by atoms with E-state index in [2.05, 4.69) is 16.4 Å². The summed E-state index contributed by atoms with van der Waals surface area (Å²) in [6.07, 6.45) is 4.08. The number of H-pyrrole nitrogens is 1. The minimum absolute atomic E-state index is 0.211. The second-order valence-corrected chi connectivity index (χ2v) is 6.60. The van der Waals surface area contributed by atoms with Gasteiger partial charge in [-0.15, -0.1) is 0 Å². The summed E-state index contributed by atoms with van der Waals surface area (Å²) in [5.41, 5.74) is 4.16. The Labute approximate surface area is 156 Å². The molecule has 136 valence electrons. The first-order chi connectivity index (χ1) is 13.2. The summed E-state index contributed by atoms with van der Waals surface area (Å²) in [5.74, 6) is -0.423. The van der Waals surface area contributed by atoms with E-state index in [1.807, 2.05) is 18.3 Å². The number of hydrogen-bond donors (Lipinski definition) is 2. The number of carbonyl (C=O) groups excluding carboxylic acids is 3. The van der Waals surface area contributed by atoms with E-state index in [4.69, 9.17) is 0 Å². The zero-order valence-corrected chi connectivity index (χ0v) is 14.7. The summed E-state index contributed by atoms with van der Waals surface area (Å²) >= 11 is 0. The van der Waals surface area contributed by atoms with Crippen molar-refractivity contribution < 1.29 is 14.4 Å². The summed E-state index contributed by atoms with van der Waals surface area (Å²) in [5, 5.41) is 3.77. The van der Waals surface area contributed by atoms with Crippen LogP contribution in [0.5, 0.6) is 0 Å². The Balaban J connectivity index is 1.44. The Morgan fingerprint density at radius 1 is 1.04 bits per heavy atom. The number of benzene rings is 2. The molecule has 3 amide bonds. The molecule has 0 saturated heterocycles. The van der Waals surface area contributed by atoms with E-state index in [9.17, 15) is 14.4 Å². The van der Waals surface area contributed by atoms with Gasteiger partial charge in [0.05, 0.1) is 11.1 Å². The van der Waals surface area contributed by atoms with Crippen LogP contribution in [0.2, 0.25) is 0 Å². The van der Waals surface area contributed by atoms with E-state index in [0.717, 1.165) is 28.5 Å². The second kappa shape index (κ2) is 7.07. The van der Waals surface area contributed by atoms with Crippen molar-refractivity contribution in [2.45, 2.75) is 19.4 Å². The molecule has 0 bridgehead atoms. The van der Waals surface area contributed by atoms with Gasteiger partial charge in [-0.3, -0.25) is 19.3 Å². The maximum atomic E-state index is 12.4. The third-order valence-electron chi connectivity index (χ3n) is 4.93. The molecular weight excluding hydrogens is 342 g/mol. The highest BCUT2D eigenvalue weighted by Gasteiger charge is 2.34. The number of amides is 3. The highest BCUT2D eigenvalue weighted by atomic mass is 16.2. The van der Waals surface area contributed by atoms with Crippen LogP contribution in [0.3, 0.4) is 0 Å². The lowest BCUT2D eigenvalue weighted by molar-refractivity contribution is -0.109. The third kappa shape index (κ3) is 3.10. The SMILES string of the molecule is O=CNCc1ccc2[nH]cc(CCCN3C(=O)c4ccccc4C3=O)c2c1. The number of aryl methyl sites for hydroxylation is 1. The molecular formula is C21H19N3O3. The molecule has 0 radical (unpaired) electrons. The normalized spacial score (nSPS) is 13.3. The number of aromatic amines is 1. The maximum Gasteiger partial charge on any atom is 0.261 e. The molecule has 2 aromatic carbocycles. The highest BCUT2D eigenvalue weighted by molar-refractivity contribution is 6.21. The monoisotopic (exact) mass is 361 g/mol. The van der Waals surface area contributed by atoms with Gasteiger partial charge >= 0.3 is 0 Å². The molecule has 6 heteroatoms. The number of nitrogens with one attached hydrogen (secondary N) is 2. The molecule has 0 aliphatic carbocycles. The van der Waals surface area contributed by atoms with E-state index in [1.54, 1.807) is 24.3 Å². The van der Waals surface area contributed by atoms with Crippen molar-refractivity contribution in [3.63, 3.8) is 0 Å². The smallest absolute Gasteiger partial charge is 0.261 e. The Bertz CT molecular complexity index is 1000. The molecule has 0 atom stereocenters. The predicted octanol–water partition coefficient (Wildman–Crippen LogP) is 2.64. The molecule has 0 unspecified atom stereocenters. The molecule has 0 saturated carbocycles. The van der Waals surface area contributed by atoms with Crippen LogP contribution in [0.15, 0.2) is 48.7 Å². The van der Waals surface area contributed by atoms with Crippen LogP contribution in [0.25, 0.3) is 10.9 Å². The number of nitrogens with zero attached hydrogens (tertiary/aromatic N) is 1. The molecule has 4 rings (SSSR count). The molecule has 2 N–H and O–H groups in total. The molecule has 0 spiro atoms.